The number of rotatable bonds is 3. The molecule has 0 rings (SSSR count). The highest BCUT2D eigenvalue weighted by Gasteiger charge is 2.15. The lowest BCUT2D eigenvalue weighted by molar-refractivity contribution is -0.119. The number of carbonyl (C=O) groups is 1. The number of ketones is 1. The minimum atomic E-state index is -0.845. The van der Waals surface area contributed by atoms with Crippen molar-refractivity contribution in [3.05, 3.63) is 12.2 Å². The van der Waals surface area contributed by atoms with Crippen LogP contribution < -0.4 is 5.73 Å². The predicted octanol–water partition coefficient (Wildman–Crippen LogP) is -0.160. The number of allylic oxidation sites excluding steroid dienone is 1. The molecule has 3 nitrogen and oxygen atoms in total. The molecule has 0 radical (unpaired) electrons. The largest absolute Gasteiger partial charge is 0.387 e. The molecule has 2 atom stereocenters. The van der Waals surface area contributed by atoms with E-state index in [1.54, 1.807) is 13.0 Å². The molecule has 0 aromatic carbocycles. The Balaban J connectivity index is 3.93. The molecule has 10 heavy (non-hydrogen) atoms. The molecular weight excluding hydrogens is 130 g/mol. The maximum Gasteiger partial charge on any atom is 0.149 e. The first-order valence-corrected chi connectivity index (χ1v) is 3.16. The van der Waals surface area contributed by atoms with Crippen LogP contribution in [0.1, 0.15) is 13.8 Å². The molecule has 0 amide bonds. The zero-order chi connectivity index (χ0) is 8.15. The summed E-state index contributed by atoms with van der Waals surface area (Å²) in [5.41, 5.74) is 5.30. The minimum absolute atomic E-state index is 0.203. The van der Waals surface area contributed by atoms with Crippen molar-refractivity contribution in [1.82, 2.24) is 0 Å². The molecule has 0 aliphatic rings. The van der Waals surface area contributed by atoms with E-state index in [0.717, 1.165) is 0 Å². The van der Waals surface area contributed by atoms with Gasteiger partial charge in [0, 0.05) is 0 Å². The lowest BCUT2D eigenvalue weighted by Crippen LogP contribution is -2.39. The van der Waals surface area contributed by atoms with Gasteiger partial charge >= 0.3 is 0 Å². The van der Waals surface area contributed by atoms with Crippen molar-refractivity contribution < 1.29 is 9.90 Å². The summed E-state index contributed by atoms with van der Waals surface area (Å²) in [6, 6.07) is -0.781. The highest BCUT2D eigenvalue weighted by atomic mass is 16.3. The monoisotopic (exact) mass is 143 g/mol. The minimum Gasteiger partial charge on any atom is -0.387 e. The molecule has 3 N–H and O–H groups in total. The smallest absolute Gasteiger partial charge is 0.149 e. The summed E-state index contributed by atoms with van der Waals surface area (Å²) >= 11 is 0. The van der Waals surface area contributed by atoms with Crippen LogP contribution in [-0.2, 0) is 4.79 Å². The molecule has 0 aliphatic heterocycles. The lowest BCUT2D eigenvalue weighted by Gasteiger charge is -2.10. The third-order valence-electron chi connectivity index (χ3n) is 1.23. The summed E-state index contributed by atoms with van der Waals surface area (Å²) in [6.07, 6.45) is 2.31. The molecular formula is C7H13NO2. The number of aliphatic hydroxyl groups is 1. The normalized spacial score (nSPS) is 17.2. The molecule has 0 saturated carbocycles. The summed E-state index contributed by atoms with van der Waals surface area (Å²) in [4.78, 5) is 10.5. The number of hydrogen-bond acceptors (Lipinski definition) is 3. The van der Waals surface area contributed by atoms with Crippen molar-refractivity contribution in [1.29, 1.82) is 0 Å². The fraction of sp³-hybridized carbons (Fsp3) is 0.571. The van der Waals surface area contributed by atoms with Gasteiger partial charge in [0.05, 0.1) is 12.1 Å². The zero-order valence-electron chi connectivity index (χ0n) is 6.24. The second-order valence-electron chi connectivity index (χ2n) is 2.15. The van der Waals surface area contributed by atoms with Crippen LogP contribution in [0.3, 0.4) is 0 Å². The van der Waals surface area contributed by atoms with E-state index in [4.69, 9.17) is 10.8 Å². The molecule has 0 aromatic heterocycles. The Kier molecular flexibility index (Phi) is 3.91. The van der Waals surface area contributed by atoms with E-state index in [1.807, 2.05) is 0 Å². The first-order chi connectivity index (χ1) is 4.59. The van der Waals surface area contributed by atoms with E-state index < -0.39 is 12.1 Å². The highest BCUT2D eigenvalue weighted by molar-refractivity contribution is 5.82. The fourth-order valence-electron chi connectivity index (χ4n) is 0.557. The van der Waals surface area contributed by atoms with E-state index in [2.05, 4.69) is 0 Å². The maximum absolute atomic E-state index is 10.5. The van der Waals surface area contributed by atoms with Gasteiger partial charge in [-0.3, -0.25) is 4.79 Å². The SMILES string of the molecule is C/C=C/[C@@H](O)[C@H](N)C(C)=O. The van der Waals surface area contributed by atoms with Crippen molar-refractivity contribution in [2.75, 3.05) is 0 Å². The second-order valence-corrected chi connectivity index (χ2v) is 2.15. The van der Waals surface area contributed by atoms with E-state index in [1.165, 1.54) is 13.0 Å². The summed E-state index contributed by atoms with van der Waals surface area (Å²) in [7, 11) is 0. The molecule has 0 aliphatic carbocycles. The number of carbonyl (C=O) groups excluding carboxylic acids is 1. The van der Waals surface area contributed by atoms with Gasteiger partial charge in [-0.1, -0.05) is 12.2 Å². The Hall–Kier alpha value is -0.670. The Morgan fingerprint density at radius 3 is 2.50 bits per heavy atom. The second kappa shape index (κ2) is 4.19. The molecule has 3 heteroatoms. The Bertz CT molecular complexity index is 143. The van der Waals surface area contributed by atoms with Crippen LogP contribution >= 0.6 is 0 Å². The van der Waals surface area contributed by atoms with Gasteiger partial charge in [-0.2, -0.15) is 0 Å². The Morgan fingerprint density at radius 1 is 1.70 bits per heavy atom. The standard InChI is InChI=1S/C7H13NO2/c1-3-4-6(10)7(8)5(2)9/h3-4,6-7,10H,8H2,1-2H3/b4-3+/t6-,7-/m1/s1. The zero-order valence-corrected chi connectivity index (χ0v) is 6.24. The van der Waals surface area contributed by atoms with Crippen LogP contribution in [0.15, 0.2) is 12.2 Å². The van der Waals surface area contributed by atoms with Gasteiger partial charge in [-0.15, -0.1) is 0 Å². The maximum atomic E-state index is 10.5. The van der Waals surface area contributed by atoms with Crippen LogP contribution in [0.25, 0.3) is 0 Å². The first-order valence-electron chi connectivity index (χ1n) is 3.16. The van der Waals surface area contributed by atoms with Gasteiger partial charge in [0.1, 0.15) is 5.78 Å². The summed E-state index contributed by atoms with van der Waals surface area (Å²) in [5.74, 6) is -0.203. The molecule has 0 unspecified atom stereocenters. The average molecular weight is 143 g/mol. The van der Waals surface area contributed by atoms with Crippen LogP contribution in [0, 0.1) is 0 Å². The van der Waals surface area contributed by atoms with Gasteiger partial charge in [0.2, 0.25) is 0 Å². The van der Waals surface area contributed by atoms with Gasteiger partial charge in [-0.25, -0.2) is 0 Å². The number of Topliss-reactive ketones (excluding diaryl/α,β-unsaturated/α-hetero) is 1. The number of nitrogens with two attached hydrogens (primary N) is 1. The summed E-state index contributed by atoms with van der Waals surface area (Å²) < 4.78 is 0. The summed E-state index contributed by atoms with van der Waals surface area (Å²) in [6.45, 7) is 3.12. The summed E-state index contributed by atoms with van der Waals surface area (Å²) in [5, 5.41) is 9.06. The molecule has 58 valence electrons. The van der Waals surface area contributed by atoms with Crippen molar-refractivity contribution in [2.45, 2.75) is 26.0 Å². The number of hydrogen-bond donors (Lipinski definition) is 2. The van der Waals surface area contributed by atoms with E-state index in [-0.39, 0.29) is 5.78 Å². The van der Waals surface area contributed by atoms with E-state index in [0.29, 0.717) is 0 Å². The lowest BCUT2D eigenvalue weighted by atomic mass is 10.1. The Morgan fingerprint density at radius 2 is 2.20 bits per heavy atom. The third-order valence-corrected chi connectivity index (χ3v) is 1.23. The quantitative estimate of drug-likeness (QED) is 0.539. The molecule has 0 heterocycles. The van der Waals surface area contributed by atoms with Gasteiger partial charge < -0.3 is 10.8 Å². The van der Waals surface area contributed by atoms with E-state index in [9.17, 15) is 4.79 Å². The molecule has 0 bridgehead atoms. The van der Waals surface area contributed by atoms with Crippen molar-refractivity contribution >= 4 is 5.78 Å². The van der Waals surface area contributed by atoms with Crippen molar-refractivity contribution in [2.24, 2.45) is 5.73 Å². The molecule has 0 aromatic rings. The van der Waals surface area contributed by atoms with Gasteiger partial charge in [-0.05, 0) is 13.8 Å². The molecule has 0 fully saturated rings. The van der Waals surface area contributed by atoms with E-state index >= 15 is 0 Å². The van der Waals surface area contributed by atoms with Crippen LogP contribution in [0.5, 0.6) is 0 Å². The molecule has 0 spiro atoms. The first kappa shape index (κ1) is 9.33. The van der Waals surface area contributed by atoms with Crippen LogP contribution in [0.2, 0.25) is 0 Å². The Labute approximate surface area is 60.5 Å². The van der Waals surface area contributed by atoms with Crippen molar-refractivity contribution in [3.8, 4) is 0 Å². The van der Waals surface area contributed by atoms with Gasteiger partial charge in [0.25, 0.3) is 0 Å². The van der Waals surface area contributed by atoms with Crippen LogP contribution in [-0.4, -0.2) is 23.0 Å². The van der Waals surface area contributed by atoms with Crippen molar-refractivity contribution in [3.63, 3.8) is 0 Å². The van der Waals surface area contributed by atoms with Gasteiger partial charge in [0.15, 0.2) is 0 Å². The third kappa shape index (κ3) is 2.75. The number of aliphatic hydroxyl groups excluding tert-OH is 1. The predicted molar refractivity (Wildman–Crippen MR) is 39.5 cm³/mol. The topological polar surface area (TPSA) is 63.3 Å². The van der Waals surface area contributed by atoms with Crippen LogP contribution in [0.4, 0.5) is 0 Å². The highest BCUT2D eigenvalue weighted by Crippen LogP contribution is 1.93. The average Bonchev–Trinajstić information content (AvgIpc) is 1.87. The fourth-order valence-corrected chi connectivity index (χ4v) is 0.557. The molecule has 0 saturated heterocycles.